The number of hydrogen-bond acceptors (Lipinski definition) is 5. The van der Waals surface area contributed by atoms with Crippen molar-refractivity contribution in [2.45, 2.75) is 19.4 Å². The topological polar surface area (TPSA) is 78.1 Å². The number of carbonyl (C=O) groups excluding carboxylic acids is 1. The zero-order valence-corrected chi connectivity index (χ0v) is 16.7. The van der Waals surface area contributed by atoms with E-state index < -0.39 is 5.82 Å². The molecule has 0 fully saturated rings. The second-order valence-corrected chi connectivity index (χ2v) is 7.30. The Morgan fingerprint density at radius 2 is 1.93 bits per heavy atom. The maximum Gasteiger partial charge on any atom is 0.221 e. The Morgan fingerprint density at radius 3 is 2.73 bits per heavy atom. The normalized spacial score (nSPS) is 18.9. The molecule has 2 heterocycles. The molecule has 1 amide bonds. The average molecular weight is 405 g/mol. The summed E-state index contributed by atoms with van der Waals surface area (Å²) in [5.74, 6) is -0.267. The molecule has 4 N–H and O–H groups in total. The molecule has 0 saturated carbocycles. The molecule has 1 aliphatic carbocycles. The predicted octanol–water partition coefficient (Wildman–Crippen LogP) is 4.32. The maximum atomic E-state index is 14.8. The van der Waals surface area contributed by atoms with Crippen molar-refractivity contribution in [3.63, 3.8) is 0 Å². The third kappa shape index (κ3) is 4.51. The molecule has 2 aliphatic rings. The number of hydrogen-bond donors (Lipinski definition) is 4. The van der Waals surface area contributed by atoms with Crippen LogP contribution in [0.15, 0.2) is 72.7 Å². The van der Waals surface area contributed by atoms with Crippen LogP contribution in [0, 0.1) is 11.7 Å². The summed E-state index contributed by atoms with van der Waals surface area (Å²) in [6, 6.07) is 6.86. The summed E-state index contributed by atoms with van der Waals surface area (Å²) >= 11 is 0. The minimum atomic E-state index is -0.391. The SMILES string of the molecule is CC(=O)Nc1cc(NCCC2=CNC3C=CC=CC23)c(F)cc1Nc1ccncc1. The summed E-state index contributed by atoms with van der Waals surface area (Å²) < 4.78 is 14.8. The molecule has 0 saturated heterocycles. The summed E-state index contributed by atoms with van der Waals surface area (Å²) in [5.41, 5.74) is 3.36. The number of anilines is 4. The van der Waals surface area contributed by atoms with Crippen molar-refractivity contribution in [1.29, 1.82) is 0 Å². The number of amides is 1. The van der Waals surface area contributed by atoms with Gasteiger partial charge >= 0.3 is 0 Å². The predicted molar refractivity (Wildman–Crippen MR) is 118 cm³/mol. The van der Waals surface area contributed by atoms with Crippen molar-refractivity contribution in [2.75, 3.05) is 22.5 Å². The quantitative estimate of drug-likeness (QED) is 0.552. The van der Waals surface area contributed by atoms with Gasteiger partial charge < -0.3 is 21.3 Å². The van der Waals surface area contributed by atoms with Crippen molar-refractivity contribution in [3.8, 4) is 0 Å². The molecule has 7 heteroatoms. The number of nitrogens with one attached hydrogen (secondary N) is 4. The third-order valence-corrected chi connectivity index (χ3v) is 5.13. The first-order chi connectivity index (χ1) is 14.6. The highest BCUT2D eigenvalue weighted by atomic mass is 19.1. The third-order valence-electron chi connectivity index (χ3n) is 5.13. The lowest BCUT2D eigenvalue weighted by Gasteiger charge is -2.19. The monoisotopic (exact) mass is 405 g/mol. The molecule has 2 aromatic rings. The Balaban J connectivity index is 1.46. The molecule has 0 spiro atoms. The number of benzene rings is 1. The summed E-state index contributed by atoms with van der Waals surface area (Å²) in [5, 5.41) is 12.4. The number of pyridine rings is 1. The number of aromatic nitrogens is 1. The fourth-order valence-electron chi connectivity index (χ4n) is 3.70. The Hall–Kier alpha value is -3.61. The molecule has 1 aromatic heterocycles. The molecule has 30 heavy (non-hydrogen) atoms. The van der Waals surface area contributed by atoms with E-state index in [1.54, 1.807) is 30.6 Å². The fourth-order valence-corrected chi connectivity index (χ4v) is 3.70. The summed E-state index contributed by atoms with van der Waals surface area (Å²) in [6.07, 6.45) is 14.6. The van der Waals surface area contributed by atoms with E-state index in [4.69, 9.17) is 0 Å². The van der Waals surface area contributed by atoms with Crippen LogP contribution in [0.5, 0.6) is 0 Å². The van der Waals surface area contributed by atoms with E-state index in [0.29, 0.717) is 35.6 Å². The van der Waals surface area contributed by atoms with Gasteiger partial charge in [-0.3, -0.25) is 9.78 Å². The van der Waals surface area contributed by atoms with E-state index in [1.165, 1.54) is 18.6 Å². The molecular weight excluding hydrogens is 381 g/mol. The van der Waals surface area contributed by atoms with Gasteiger partial charge in [0.1, 0.15) is 5.82 Å². The highest BCUT2D eigenvalue weighted by Gasteiger charge is 2.26. The molecule has 6 nitrogen and oxygen atoms in total. The van der Waals surface area contributed by atoms with Gasteiger partial charge in [0.25, 0.3) is 0 Å². The molecular formula is C23H24FN5O. The largest absolute Gasteiger partial charge is 0.384 e. The minimum Gasteiger partial charge on any atom is -0.384 e. The molecule has 2 unspecified atom stereocenters. The molecule has 2 atom stereocenters. The first-order valence-corrected chi connectivity index (χ1v) is 9.92. The van der Waals surface area contributed by atoms with Crippen LogP contribution in [-0.2, 0) is 4.79 Å². The van der Waals surface area contributed by atoms with Gasteiger partial charge in [0, 0.05) is 43.5 Å². The van der Waals surface area contributed by atoms with Crippen molar-refractivity contribution in [1.82, 2.24) is 10.3 Å². The van der Waals surface area contributed by atoms with Crippen molar-refractivity contribution < 1.29 is 9.18 Å². The van der Waals surface area contributed by atoms with Crippen molar-refractivity contribution >= 4 is 28.7 Å². The lowest BCUT2D eigenvalue weighted by atomic mass is 9.90. The lowest BCUT2D eigenvalue weighted by Crippen LogP contribution is -2.25. The van der Waals surface area contributed by atoms with E-state index >= 15 is 0 Å². The van der Waals surface area contributed by atoms with Crippen molar-refractivity contribution in [3.05, 3.63) is 78.6 Å². The number of rotatable bonds is 7. The van der Waals surface area contributed by atoms with Crippen LogP contribution in [0.4, 0.5) is 27.1 Å². The molecule has 0 bridgehead atoms. The minimum absolute atomic E-state index is 0.226. The Labute approximate surface area is 175 Å². The second-order valence-electron chi connectivity index (χ2n) is 7.30. The number of nitrogens with zero attached hydrogens (tertiary/aromatic N) is 1. The van der Waals surface area contributed by atoms with Crippen LogP contribution >= 0.6 is 0 Å². The van der Waals surface area contributed by atoms with Crippen molar-refractivity contribution in [2.24, 2.45) is 5.92 Å². The standard InChI is InChI=1S/C23H24FN5O/c1-15(30)28-23-13-21(19(24)12-22(23)29-17-7-9-25-10-8-17)26-11-6-16-14-27-20-5-3-2-4-18(16)20/h2-5,7-10,12-14,18,20,26-27H,6,11H2,1H3,(H,25,29)(H,28,30). The van der Waals surface area contributed by atoms with Gasteiger partial charge in [-0.25, -0.2) is 4.39 Å². The number of halogens is 1. The van der Waals surface area contributed by atoms with Crippen LogP contribution in [0.25, 0.3) is 0 Å². The lowest BCUT2D eigenvalue weighted by molar-refractivity contribution is -0.114. The number of allylic oxidation sites excluding steroid dienone is 2. The molecule has 1 aromatic carbocycles. The van der Waals surface area contributed by atoms with E-state index in [2.05, 4.69) is 50.7 Å². The summed E-state index contributed by atoms with van der Waals surface area (Å²) in [7, 11) is 0. The molecule has 4 rings (SSSR count). The number of fused-ring (bicyclic) bond motifs is 1. The highest BCUT2D eigenvalue weighted by molar-refractivity contribution is 5.94. The zero-order chi connectivity index (χ0) is 20.9. The average Bonchev–Trinajstić information content (AvgIpc) is 3.15. The van der Waals surface area contributed by atoms with Crippen LogP contribution in [0.1, 0.15) is 13.3 Å². The van der Waals surface area contributed by atoms with Gasteiger partial charge in [0.15, 0.2) is 0 Å². The second kappa shape index (κ2) is 8.82. The van der Waals surface area contributed by atoms with Crippen LogP contribution in [-0.4, -0.2) is 23.5 Å². The van der Waals surface area contributed by atoms with E-state index in [9.17, 15) is 9.18 Å². The first-order valence-electron chi connectivity index (χ1n) is 9.92. The zero-order valence-electron chi connectivity index (χ0n) is 16.7. The first kappa shape index (κ1) is 19.7. The van der Waals surface area contributed by atoms with E-state index in [1.807, 2.05) is 6.08 Å². The molecule has 154 valence electrons. The Kier molecular flexibility index (Phi) is 5.79. The summed E-state index contributed by atoms with van der Waals surface area (Å²) in [6.45, 7) is 2.01. The smallest absolute Gasteiger partial charge is 0.221 e. The van der Waals surface area contributed by atoms with E-state index in [-0.39, 0.29) is 5.91 Å². The van der Waals surface area contributed by atoms with Crippen LogP contribution in [0.2, 0.25) is 0 Å². The Morgan fingerprint density at radius 1 is 1.13 bits per heavy atom. The number of carbonyl (C=O) groups is 1. The van der Waals surface area contributed by atoms with Gasteiger partial charge in [-0.15, -0.1) is 0 Å². The van der Waals surface area contributed by atoms with Gasteiger partial charge in [0.2, 0.25) is 5.91 Å². The van der Waals surface area contributed by atoms with E-state index in [0.717, 1.165) is 12.1 Å². The van der Waals surface area contributed by atoms with Gasteiger partial charge in [0.05, 0.1) is 23.1 Å². The van der Waals surface area contributed by atoms with Crippen LogP contribution in [0.3, 0.4) is 0 Å². The summed E-state index contributed by atoms with van der Waals surface area (Å²) in [4.78, 5) is 15.6. The van der Waals surface area contributed by atoms with Gasteiger partial charge in [-0.05, 0) is 36.4 Å². The Bertz CT molecular complexity index is 1020. The van der Waals surface area contributed by atoms with Crippen LogP contribution < -0.4 is 21.3 Å². The van der Waals surface area contributed by atoms with Gasteiger partial charge in [-0.2, -0.15) is 0 Å². The maximum absolute atomic E-state index is 14.8. The van der Waals surface area contributed by atoms with Gasteiger partial charge in [-0.1, -0.05) is 24.3 Å². The fraction of sp³-hybridized carbons (Fsp3) is 0.217. The highest BCUT2D eigenvalue weighted by Crippen LogP contribution is 2.32. The molecule has 0 radical (unpaired) electrons. The molecule has 1 aliphatic heterocycles.